The van der Waals surface area contributed by atoms with Crippen LogP contribution in [0.25, 0.3) is 17.1 Å². The second-order valence-corrected chi connectivity index (χ2v) is 7.04. The molecule has 9 nitrogen and oxygen atoms in total. The molecule has 1 N–H and O–H groups in total. The molecule has 162 valence electrons. The molecule has 0 saturated heterocycles. The van der Waals surface area contributed by atoms with E-state index in [1.165, 1.54) is 4.68 Å². The summed E-state index contributed by atoms with van der Waals surface area (Å²) in [6, 6.07) is 19.2. The smallest absolute Gasteiger partial charge is 0.236 e. The first-order valence-corrected chi connectivity index (χ1v) is 10.3. The molecule has 0 bridgehead atoms. The van der Waals surface area contributed by atoms with Crippen LogP contribution in [-0.4, -0.2) is 31.3 Å². The van der Waals surface area contributed by atoms with Gasteiger partial charge in [0.25, 0.3) is 0 Å². The van der Waals surface area contributed by atoms with Crippen molar-refractivity contribution in [3.05, 3.63) is 78.5 Å². The molecule has 0 atom stereocenters. The summed E-state index contributed by atoms with van der Waals surface area (Å²) in [7, 11) is 0. The van der Waals surface area contributed by atoms with Crippen molar-refractivity contribution < 1.29 is 4.74 Å². The van der Waals surface area contributed by atoms with Crippen molar-refractivity contribution in [1.82, 2.24) is 24.7 Å². The third-order valence-corrected chi connectivity index (χ3v) is 4.72. The number of anilines is 1. The number of nitrogens with zero attached hydrogens (tertiary/aromatic N) is 7. The highest BCUT2D eigenvalue weighted by molar-refractivity contribution is 5.55. The highest BCUT2D eigenvalue weighted by Gasteiger charge is 2.13. The molecular weight excluding hydrogens is 416 g/mol. The van der Waals surface area contributed by atoms with Crippen LogP contribution in [0.1, 0.15) is 24.2 Å². The minimum absolute atomic E-state index is 0.204. The first kappa shape index (κ1) is 21.5. The lowest BCUT2D eigenvalue weighted by molar-refractivity contribution is 0.300. The quantitative estimate of drug-likeness (QED) is 0.392. The highest BCUT2D eigenvalue weighted by atomic mass is 16.5. The van der Waals surface area contributed by atoms with Gasteiger partial charge in [-0.2, -0.15) is 15.5 Å². The van der Waals surface area contributed by atoms with Crippen LogP contribution in [0.3, 0.4) is 0 Å². The molecule has 3 aromatic heterocycles. The van der Waals surface area contributed by atoms with Crippen molar-refractivity contribution >= 4 is 5.69 Å². The zero-order valence-corrected chi connectivity index (χ0v) is 17.7. The van der Waals surface area contributed by atoms with Gasteiger partial charge in [0, 0.05) is 48.9 Å². The number of rotatable bonds is 9. The number of unbranched alkanes of at least 4 members (excludes halogenated alkanes) is 1. The van der Waals surface area contributed by atoms with E-state index in [0.29, 0.717) is 37.7 Å². The summed E-state index contributed by atoms with van der Waals surface area (Å²) < 4.78 is 7.03. The van der Waals surface area contributed by atoms with E-state index in [2.05, 4.69) is 37.5 Å². The standard InChI is InChI=1S/C24H20N8O/c25-11-1-2-13-33-23-10-5-18(16-29-23)15-28-20-6-8-21(9-7-20)32-22(14-26)30-24(31-32)19-4-3-12-27-17-19/h3-10,12,16-17,28H,1-2,13,15H2. The van der Waals surface area contributed by atoms with Gasteiger partial charge >= 0.3 is 0 Å². The lowest BCUT2D eigenvalue weighted by Gasteiger charge is -2.09. The average molecular weight is 436 g/mol. The maximum atomic E-state index is 9.47. The fraction of sp³-hybridized carbons (Fsp3) is 0.167. The molecule has 0 spiro atoms. The SMILES string of the molecule is N#CCCCOc1ccc(CNc2ccc(-n3nc(-c4cccnc4)nc3C#N)cc2)cn1. The number of nitrogens with one attached hydrogen (secondary N) is 1. The van der Waals surface area contributed by atoms with Crippen LogP contribution in [0.5, 0.6) is 5.88 Å². The Kier molecular flexibility index (Phi) is 6.84. The Morgan fingerprint density at radius 1 is 1.03 bits per heavy atom. The zero-order chi connectivity index (χ0) is 22.9. The largest absolute Gasteiger partial charge is 0.478 e. The number of hydrogen-bond acceptors (Lipinski definition) is 8. The maximum absolute atomic E-state index is 9.47. The monoisotopic (exact) mass is 436 g/mol. The van der Waals surface area contributed by atoms with Crippen molar-refractivity contribution in [2.75, 3.05) is 11.9 Å². The fourth-order valence-corrected chi connectivity index (χ4v) is 3.04. The van der Waals surface area contributed by atoms with Crippen molar-refractivity contribution in [2.45, 2.75) is 19.4 Å². The van der Waals surface area contributed by atoms with E-state index in [9.17, 15) is 5.26 Å². The Morgan fingerprint density at radius 2 is 1.91 bits per heavy atom. The molecule has 33 heavy (non-hydrogen) atoms. The maximum Gasteiger partial charge on any atom is 0.236 e. The van der Waals surface area contributed by atoms with Gasteiger partial charge in [0.2, 0.25) is 11.7 Å². The normalized spacial score (nSPS) is 10.2. The van der Waals surface area contributed by atoms with Gasteiger partial charge in [-0.15, -0.1) is 5.10 Å². The molecule has 3 heterocycles. The number of nitriles is 2. The van der Waals surface area contributed by atoms with Crippen LogP contribution >= 0.6 is 0 Å². The summed E-state index contributed by atoms with van der Waals surface area (Å²) >= 11 is 0. The summed E-state index contributed by atoms with van der Waals surface area (Å²) in [4.78, 5) is 12.7. The molecule has 4 rings (SSSR count). The number of ether oxygens (including phenoxy) is 1. The third-order valence-electron chi connectivity index (χ3n) is 4.72. The van der Waals surface area contributed by atoms with Crippen molar-refractivity contribution in [3.63, 3.8) is 0 Å². The summed E-state index contributed by atoms with van der Waals surface area (Å²) in [6.45, 7) is 1.08. The number of hydrogen-bond donors (Lipinski definition) is 1. The van der Waals surface area contributed by atoms with Gasteiger partial charge in [0.05, 0.1) is 18.4 Å². The third kappa shape index (κ3) is 5.49. The van der Waals surface area contributed by atoms with E-state index in [4.69, 9.17) is 10.00 Å². The van der Waals surface area contributed by atoms with E-state index in [-0.39, 0.29) is 5.82 Å². The predicted molar refractivity (Wildman–Crippen MR) is 121 cm³/mol. The molecule has 0 fully saturated rings. The van der Waals surface area contributed by atoms with Crippen molar-refractivity contribution in [3.8, 4) is 35.1 Å². The van der Waals surface area contributed by atoms with Crippen LogP contribution in [0, 0.1) is 22.7 Å². The molecule has 0 amide bonds. The Labute approximate surface area is 191 Å². The van der Waals surface area contributed by atoms with Crippen LogP contribution < -0.4 is 10.1 Å². The second kappa shape index (κ2) is 10.5. The molecule has 0 radical (unpaired) electrons. The number of benzene rings is 1. The average Bonchev–Trinajstić information content (AvgIpc) is 3.32. The molecule has 9 heteroatoms. The van der Waals surface area contributed by atoms with Crippen LogP contribution in [0.4, 0.5) is 5.69 Å². The van der Waals surface area contributed by atoms with Crippen molar-refractivity contribution in [1.29, 1.82) is 10.5 Å². The molecule has 0 aliphatic heterocycles. The van der Waals surface area contributed by atoms with E-state index in [0.717, 1.165) is 22.5 Å². The lowest BCUT2D eigenvalue weighted by atomic mass is 10.2. The summed E-state index contributed by atoms with van der Waals surface area (Å²) in [5.41, 5.74) is 3.41. The molecule has 4 aromatic rings. The van der Waals surface area contributed by atoms with E-state index >= 15 is 0 Å². The lowest BCUT2D eigenvalue weighted by Crippen LogP contribution is -2.03. The van der Waals surface area contributed by atoms with Crippen molar-refractivity contribution in [2.24, 2.45) is 0 Å². The van der Waals surface area contributed by atoms with E-state index < -0.39 is 0 Å². The molecule has 0 saturated carbocycles. The van der Waals surface area contributed by atoms with E-state index in [1.807, 2.05) is 42.5 Å². The number of aromatic nitrogens is 5. The van der Waals surface area contributed by atoms with Gasteiger partial charge in [0.15, 0.2) is 5.82 Å². The molecule has 0 aliphatic carbocycles. The molecule has 1 aromatic carbocycles. The first-order valence-electron chi connectivity index (χ1n) is 10.3. The Bertz CT molecular complexity index is 1270. The van der Waals surface area contributed by atoms with Crippen LogP contribution in [0.2, 0.25) is 0 Å². The van der Waals surface area contributed by atoms with Gasteiger partial charge < -0.3 is 10.1 Å². The van der Waals surface area contributed by atoms with Gasteiger partial charge in [-0.05, 0) is 48.4 Å². The van der Waals surface area contributed by atoms with Gasteiger partial charge in [-0.3, -0.25) is 4.98 Å². The minimum Gasteiger partial charge on any atom is -0.478 e. The van der Waals surface area contributed by atoms with Crippen LogP contribution in [-0.2, 0) is 6.54 Å². The van der Waals surface area contributed by atoms with Gasteiger partial charge in [-0.1, -0.05) is 6.07 Å². The summed E-state index contributed by atoms with van der Waals surface area (Å²) in [5.74, 6) is 1.20. The Morgan fingerprint density at radius 3 is 2.61 bits per heavy atom. The Balaban J connectivity index is 1.38. The topological polar surface area (TPSA) is 125 Å². The minimum atomic E-state index is 0.204. The number of pyridine rings is 2. The molecule has 0 aliphatic rings. The van der Waals surface area contributed by atoms with Gasteiger partial charge in [0.1, 0.15) is 6.07 Å². The molecule has 0 unspecified atom stereocenters. The first-order chi connectivity index (χ1) is 16.3. The summed E-state index contributed by atoms with van der Waals surface area (Å²) in [5, 5.41) is 25.8. The van der Waals surface area contributed by atoms with E-state index in [1.54, 1.807) is 24.7 Å². The fourth-order valence-electron chi connectivity index (χ4n) is 3.04. The Hall–Kier alpha value is -4.76. The predicted octanol–water partition coefficient (Wildman–Crippen LogP) is 3.89. The molecular formula is C24H20N8O. The summed E-state index contributed by atoms with van der Waals surface area (Å²) in [6.07, 6.45) is 6.26. The second-order valence-electron chi connectivity index (χ2n) is 7.04. The van der Waals surface area contributed by atoms with Gasteiger partial charge in [-0.25, -0.2) is 9.67 Å². The zero-order valence-electron chi connectivity index (χ0n) is 17.7. The highest BCUT2D eigenvalue weighted by Crippen LogP contribution is 2.19. The van der Waals surface area contributed by atoms with Crippen LogP contribution in [0.15, 0.2) is 67.1 Å².